The Balaban J connectivity index is 1.22. The molecule has 33 heavy (non-hydrogen) atoms. The molecule has 0 bridgehead atoms. The molecule has 4 aromatic heterocycles. The predicted octanol–water partition coefficient (Wildman–Crippen LogP) is 2.62. The van der Waals surface area contributed by atoms with Gasteiger partial charge in [-0.2, -0.15) is 5.10 Å². The lowest BCUT2D eigenvalue weighted by molar-refractivity contribution is 0.0360. The summed E-state index contributed by atoms with van der Waals surface area (Å²) in [6, 6.07) is 14.2. The maximum Gasteiger partial charge on any atom is 0.179 e. The molecular weight excluding hydrogens is 416 g/mol. The van der Waals surface area contributed by atoms with E-state index in [9.17, 15) is 0 Å². The largest absolute Gasteiger partial charge is 0.379 e. The molecule has 0 amide bonds. The third-order valence-electron chi connectivity index (χ3n) is 6.04. The number of fused-ring (bicyclic) bond motifs is 2. The second-order valence-corrected chi connectivity index (χ2v) is 8.26. The highest BCUT2D eigenvalue weighted by Gasteiger charge is 2.13. The van der Waals surface area contributed by atoms with Crippen LogP contribution in [0.1, 0.15) is 5.56 Å². The number of nitrogens with zero attached hydrogens (tertiary/aromatic N) is 8. The van der Waals surface area contributed by atoms with Crippen molar-refractivity contribution in [2.24, 2.45) is 0 Å². The van der Waals surface area contributed by atoms with Crippen molar-refractivity contribution < 1.29 is 4.74 Å². The highest BCUT2D eigenvalue weighted by atomic mass is 16.5. The Bertz CT molecular complexity index is 1400. The van der Waals surface area contributed by atoms with Crippen LogP contribution in [0.3, 0.4) is 0 Å². The molecule has 1 aromatic carbocycles. The van der Waals surface area contributed by atoms with Gasteiger partial charge in [0.25, 0.3) is 0 Å². The summed E-state index contributed by atoms with van der Waals surface area (Å²) < 4.78 is 9.25. The summed E-state index contributed by atoms with van der Waals surface area (Å²) in [5.74, 6) is 0. The number of hydrogen-bond donors (Lipinski definition) is 0. The van der Waals surface area contributed by atoms with E-state index < -0.39 is 0 Å². The monoisotopic (exact) mass is 440 g/mol. The molecule has 6 rings (SSSR count). The van der Waals surface area contributed by atoms with Crippen molar-refractivity contribution in [3.63, 3.8) is 0 Å². The molecule has 1 aliphatic rings. The van der Waals surface area contributed by atoms with Gasteiger partial charge in [-0.15, -0.1) is 5.10 Å². The quantitative estimate of drug-likeness (QED) is 0.401. The summed E-state index contributed by atoms with van der Waals surface area (Å²) in [4.78, 5) is 11.7. The van der Waals surface area contributed by atoms with Gasteiger partial charge in [0.1, 0.15) is 5.52 Å². The van der Waals surface area contributed by atoms with E-state index in [0.29, 0.717) is 6.54 Å². The van der Waals surface area contributed by atoms with Crippen molar-refractivity contribution in [1.29, 1.82) is 0 Å². The van der Waals surface area contributed by atoms with Gasteiger partial charge in [0, 0.05) is 43.0 Å². The Morgan fingerprint density at radius 3 is 2.82 bits per heavy atom. The maximum absolute atomic E-state index is 5.42. The van der Waals surface area contributed by atoms with Gasteiger partial charge in [0.2, 0.25) is 0 Å². The second kappa shape index (κ2) is 8.68. The van der Waals surface area contributed by atoms with Crippen LogP contribution < -0.4 is 0 Å². The molecular formula is C24H24N8O. The minimum absolute atomic E-state index is 0.594. The molecule has 0 unspecified atom stereocenters. The number of aromatic nitrogens is 7. The average Bonchev–Trinajstić information content (AvgIpc) is 3.50. The number of benzene rings is 1. The van der Waals surface area contributed by atoms with E-state index in [1.54, 1.807) is 0 Å². The first kappa shape index (κ1) is 20.0. The molecule has 0 spiro atoms. The number of hydrogen-bond acceptors (Lipinski definition) is 7. The molecule has 1 aliphatic heterocycles. The molecule has 0 atom stereocenters. The smallest absolute Gasteiger partial charge is 0.179 e. The van der Waals surface area contributed by atoms with Gasteiger partial charge >= 0.3 is 0 Å². The summed E-state index contributed by atoms with van der Waals surface area (Å²) >= 11 is 0. The average molecular weight is 441 g/mol. The van der Waals surface area contributed by atoms with E-state index in [4.69, 9.17) is 9.72 Å². The minimum atomic E-state index is 0.594. The van der Waals surface area contributed by atoms with Gasteiger partial charge in [0.05, 0.1) is 43.7 Å². The third kappa shape index (κ3) is 4.20. The van der Waals surface area contributed by atoms with Crippen LogP contribution in [0.2, 0.25) is 0 Å². The minimum Gasteiger partial charge on any atom is -0.379 e. The topological polar surface area (TPSA) is 86.8 Å². The summed E-state index contributed by atoms with van der Waals surface area (Å²) in [7, 11) is 0. The summed E-state index contributed by atoms with van der Waals surface area (Å²) in [5.41, 5.74) is 5.51. The van der Waals surface area contributed by atoms with Crippen LogP contribution in [0.25, 0.3) is 33.3 Å². The fourth-order valence-electron chi connectivity index (χ4n) is 4.20. The Hall–Kier alpha value is -3.69. The molecule has 9 heteroatoms. The highest BCUT2D eigenvalue weighted by molar-refractivity contribution is 5.79. The van der Waals surface area contributed by atoms with E-state index in [0.717, 1.165) is 78.3 Å². The molecule has 9 nitrogen and oxygen atoms in total. The zero-order valence-electron chi connectivity index (χ0n) is 18.2. The first-order chi connectivity index (χ1) is 16.3. The SMILES string of the molecule is c1cnc2ccc(Cn3nnc4ccc(-c5cnn(CCN6CCOCC6)c5)nc43)cc2c1. The van der Waals surface area contributed by atoms with Crippen LogP contribution in [-0.2, 0) is 17.8 Å². The van der Waals surface area contributed by atoms with Gasteiger partial charge in [-0.05, 0) is 35.9 Å². The lowest BCUT2D eigenvalue weighted by atomic mass is 10.1. The fraction of sp³-hybridized carbons (Fsp3) is 0.292. The van der Waals surface area contributed by atoms with Gasteiger partial charge < -0.3 is 4.74 Å². The first-order valence-corrected chi connectivity index (χ1v) is 11.2. The van der Waals surface area contributed by atoms with Crippen LogP contribution in [0.4, 0.5) is 0 Å². The lowest BCUT2D eigenvalue weighted by Gasteiger charge is -2.26. The Labute approximate surface area is 190 Å². The van der Waals surface area contributed by atoms with Crippen molar-refractivity contribution in [3.05, 3.63) is 66.6 Å². The van der Waals surface area contributed by atoms with Crippen LogP contribution in [-0.4, -0.2) is 72.5 Å². The zero-order valence-corrected chi connectivity index (χ0v) is 18.2. The van der Waals surface area contributed by atoms with E-state index >= 15 is 0 Å². The normalized spacial score (nSPS) is 14.9. The van der Waals surface area contributed by atoms with Crippen molar-refractivity contribution in [2.75, 3.05) is 32.8 Å². The fourth-order valence-corrected chi connectivity index (χ4v) is 4.20. The van der Waals surface area contributed by atoms with Gasteiger partial charge in [0.15, 0.2) is 5.65 Å². The van der Waals surface area contributed by atoms with Crippen LogP contribution >= 0.6 is 0 Å². The lowest BCUT2D eigenvalue weighted by Crippen LogP contribution is -2.38. The van der Waals surface area contributed by atoms with E-state index in [-0.39, 0.29) is 0 Å². The second-order valence-electron chi connectivity index (χ2n) is 8.26. The zero-order chi connectivity index (χ0) is 22.0. The molecule has 5 heterocycles. The van der Waals surface area contributed by atoms with Crippen molar-refractivity contribution in [3.8, 4) is 11.3 Å². The molecule has 0 saturated carbocycles. The summed E-state index contributed by atoms with van der Waals surface area (Å²) in [6.07, 6.45) is 5.74. The number of morpholine rings is 1. The molecule has 0 aliphatic carbocycles. The Kier molecular flexibility index (Phi) is 5.25. The predicted molar refractivity (Wildman–Crippen MR) is 125 cm³/mol. The number of ether oxygens (including phenoxy) is 1. The van der Waals surface area contributed by atoms with Crippen LogP contribution in [0, 0.1) is 0 Å². The van der Waals surface area contributed by atoms with Crippen LogP contribution in [0.5, 0.6) is 0 Å². The first-order valence-electron chi connectivity index (χ1n) is 11.2. The molecule has 0 N–H and O–H groups in total. The van der Waals surface area contributed by atoms with E-state index in [1.165, 1.54) is 0 Å². The summed E-state index contributed by atoms with van der Waals surface area (Å²) in [5, 5.41) is 14.3. The maximum atomic E-state index is 5.42. The van der Waals surface area contributed by atoms with Crippen molar-refractivity contribution in [2.45, 2.75) is 13.1 Å². The molecule has 0 radical (unpaired) electrons. The molecule has 5 aromatic rings. The number of rotatable bonds is 6. The van der Waals surface area contributed by atoms with Crippen molar-refractivity contribution in [1.82, 2.24) is 39.6 Å². The molecule has 1 fully saturated rings. The highest BCUT2D eigenvalue weighted by Crippen LogP contribution is 2.21. The number of pyridine rings is 2. The third-order valence-corrected chi connectivity index (χ3v) is 6.04. The summed E-state index contributed by atoms with van der Waals surface area (Å²) in [6.45, 7) is 6.00. The standard InChI is InChI=1S/C24H24N8O/c1-2-19-14-18(3-4-21(19)25-7-1)16-32-24-23(28-29-32)6-5-22(27-24)20-15-26-31(17-20)9-8-30-10-12-33-13-11-30/h1-7,14-15,17H,8-13,16H2. The van der Waals surface area contributed by atoms with Crippen molar-refractivity contribution >= 4 is 22.1 Å². The molecule has 1 saturated heterocycles. The Morgan fingerprint density at radius 2 is 1.88 bits per heavy atom. The van der Waals surface area contributed by atoms with Gasteiger partial charge in [-0.25, -0.2) is 9.67 Å². The Morgan fingerprint density at radius 1 is 0.970 bits per heavy atom. The molecule has 166 valence electrons. The van der Waals surface area contributed by atoms with Gasteiger partial charge in [-0.3, -0.25) is 14.6 Å². The van der Waals surface area contributed by atoms with E-state index in [2.05, 4.69) is 49.7 Å². The van der Waals surface area contributed by atoms with Gasteiger partial charge in [-0.1, -0.05) is 17.3 Å². The van der Waals surface area contributed by atoms with Crippen LogP contribution in [0.15, 0.2) is 61.1 Å². The van der Waals surface area contributed by atoms with E-state index in [1.807, 2.05) is 46.0 Å².